The Bertz CT molecular complexity index is 997. The minimum Gasteiger partial charge on any atom is -0.462 e. The number of carbonyl (C=O) groups excluding carboxylic acids is 3. The van der Waals surface area contributed by atoms with Crippen molar-refractivity contribution in [1.29, 1.82) is 5.26 Å². The summed E-state index contributed by atoms with van der Waals surface area (Å²) in [5.74, 6) is -1.41. The third-order valence-electron chi connectivity index (χ3n) is 3.85. The number of anilines is 2. The fraction of sp³-hybridized carbons (Fsp3) is 0.263. The summed E-state index contributed by atoms with van der Waals surface area (Å²) >= 11 is 6.89. The SMILES string of the molecule is CCOC(=O)c1c(NC(=O)CNc2ccc(Cl)c(C#N)c2)sc(C(=O)NC)c1C. The summed E-state index contributed by atoms with van der Waals surface area (Å²) in [5.41, 5.74) is 1.42. The number of ether oxygens (including phenoxy) is 1. The van der Waals surface area contributed by atoms with Crippen molar-refractivity contribution in [2.45, 2.75) is 13.8 Å². The van der Waals surface area contributed by atoms with Crippen LogP contribution >= 0.6 is 22.9 Å². The van der Waals surface area contributed by atoms with E-state index in [0.717, 1.165) is 11.3 Å². The van der Waals surface area contributed by atoms with Gasteiger partial charge in [-0.25, -0.2) is 4.79 Å². The van der Waals surface area contributed by atoms with Crippen LogP contribution in [0.3, 0.4) is 0 Å². The van der Waals surface area contributed by atoms with Crippen LogP contribution in [0.5, 0.6) is 0 Å². The van der Waals surface area contributed by atoms with Crippen LogP contribution in [0.1, 0.15) is 38.1 Å². The van der Waals surface area contributed by atoms with Gasteiger partial charge >= 0.3 is 5.97 Å². The molecule has 2 amide bonds. The smallest absolute Gasteiger partial charge is 0.341 e. The molecule has 152 valence electrons. The number of hydrogen-bond acceptors (Lipinski definition) is 7. The molecule has 0 radical (unpaired) electrons. The molecule has 0 saturated carbocycles. The molecule has 0 unspecified atom stereocenters. The van der Waals surface area contributed by atoms with Crippen molar-refractivity contribution in [2.75, 3.05) is 30.8 Å². The van der Waals surface area contributed by atoms with E-state index in [9.17, 15) is 14.4 Å². The molecule has 0 aliphatic carbocycles. The number of carbonyl (C=O) groups is 3. The molecule has 0 bridgehead atoms. The summed E-state index contributed by atoms with van der Waals surface area (Å²) in [7, 11) is 1.48. The van der Waals surface area contributed by atoms with E-state index in [0.29, 0.717) is 21.2 Å². The monoisotopic (exact) mass is 434 g/mol. The highest BCUT2D eigenvalue weighted by molar-refractivity contribution is 7.18. The van der Waals surface area contributed by atoms with Gasteiger partial charge in [-0.05, 0) is 37.6 Å². The Morgan fingerprint density at radius 1 is 1.31 bits per heavy atom. The summed E-state index contributed by atoms with van der Waals surface area (Å²) in [6, 6.07) is 6.68. The zero-order chi connectivity index (χ0) is 21.6. The number of halogens is 1. The molecule has 1 heterocycles. The van der Waals surface area contributed by atoms with Crippen molar-refractivity contribution in [3.63, 3.8) is 0 Å². The van der Waals surface area contributed by atoms with Crippen molar-refractivity contribution in [1.82, 2.24) is 5.32 Å². The number of nitriles is 1. The van der Waals surface area contributed by atoms with Crippen molar-refractivity contribution >= 4 is 51.4 Å². The van der Waals surface area contributed by atoms with Gasteiger partial charge < -0.3 is 20.7 Å². The van der Waals surface area contributed by atoms with Gasteiger partial charge in [0.25, 0.3) is 5.91 Å². The van der Waals surface area contributed by atoms with E-state index in [-0.39, 0.29) is 35.2 Å². The lowest BCUT2D eigenvalue weighted by atomic mass is 10.1. The first kappa shape index (κ1) is 22.2. The number of benzene rings is 1. The Morgan fingerprint density at radius 2 is 2.03 bits per heavy atom. The van der Waals surface area contributed by atoms with E-state index in [1.807, 2.05) is 6.07 Å². The van der Waals surface area contributed by atoms with E-state index < -0.39 is 11.9 Å². The Balaban J connectivity index is 2.19. The van der Waals surface area contributed by atoms with Gasteiger partial charge in [-0.2, -0.15) is 5.26 Å². The molecule has 0 spiro atoms. The number of nitrogens with one attached hydrogen (secondary N) is 3. The highest BCUT2D eigenvalue weighted by Crippen LogP contribution is 2.33. The molecule has 0 aliphatic rings. The second kappa shape index (κ2) is 9.91. The standard InChI is InChI=1S/C19H19ClN4O4S/c1-4-28-19(27)15-10(2)16(17(26)22-3)29-18(15)24-14(25)9-23-12-5-6-13(20)11(7-12)8-21/h5-7,23H,4,9H2,1-3H3,(H,22,26)(H,24,25). The second-order valence-corrected chi connectivity index (χ2v) is 7.20. The second-order valence-electron chi connectivity index (χ2n) is 5.77. The van der Waals surface area contributed by atoms with Crippen molar-refractivity contribution in [2.24, 2.45) is 0 Å². The molecule has 8 nitrogen and oxygen atoms in total. The van der Waals surface area contributed by atoms with Gasteiger partial charge in [0.1, 0.15) is 11.1 Å². The lowest BCUT2D eigenvalue weighted by molar-refractivity contribution is -0.114. The number of esters is 1. The van der Waals surface area contributed by atoms with Crippen molar-refractivity contribution in [3.8, 4) is 6.07 Å². The third-order valence-corrected chi connectivity index (χ3v) is 5.39. The first-order valence-electron chi connectivity index (χ1n) is 8.58. The van der Waals surface area contributed by atoms with Crippen LogP contribution in [-0.2, 0) is 9.53 Å². The third kappa shape index (κ3) is 5.25. The van der Waals surface area contributed by atoms with E-state index >= 15 is 0 Å². The summed E-state index contributed by atoms with van der Waals surface area (Å²) < 4.78 is 5.05. The average Bonchev–Trinajstić information content (AvgIpc) is 3.02. The molecule has 0 fully saturated rings. The fourth-order valence-electron chi connectivity index (χ4n) is 2.45. The van der Waals surface area contributed by atoms with Crippen molar-refractivity contribution < 1.29 is 19.1 Å². The summed E-state index contributed by atoms with van der Waals surface area (Å²) in [6.45, 7) is 3.33. The number of nitrogens with zero attached hydrogens (tertiary/aromatic N) is 1. The molecule has 2 rings (SSSR count). The highest BCUT2D eigenvalue weighted by Gasteiger charge is 2.26. The number of thiophene rings is 1. The molecule has 1 aromatic carbocycles. The minimum atomic E-state index is -0.615. The maximum atomic E-state index is 12.4. The predicted molar refractivity (Wildman–Crippen MR) is 112 cm³/mol. The predicted octanol–water partition coefficient (Wildman–Crippen LogP) is 3.17. The van der Waals surface area contributed by atoms with Crippen LogP contribution in [0.15, 0.2) is 18.2 Å². The van der Waals surface area contributed by atoms with Crippen molar-refractivity contribution in [3.05, 3.63) is 44.8 Å². The number of amides is 2. The lowest BCUT2D eigenvalue weighted by Gasteiger charge is -2.09. The van der Waals surface area contributed by atoms with Gasteiger partial charge in [-0.1, -0.05) is 11.6 Å². The Kier molecular flexibility index (Phi) is 7.59. The Morgan fingerprint density at radius 3 is 2.66 bits per heavy atom. The fourth-order valence-corrected chi connectivity index (χ4v) is 3.77. The molecule has 0 atom stereocenters. The molecular formula is C19H19ClN4O4S. The average molecular weight is 435 g/mol. The van der Waals surface area contributed by atoms with Crippen LogP contribution in [-0.4, -0.2) is 38.0 Å². The normalized spacial score (nSPS) is 10.0. The topological polar surface area (TPSA) is 120 Å². The van der Waals surface area contributed by atoms with Crippen LogP contribution in [0.2, 0.25) is 5.02 Å². The largest absolute Gasteiger partial charge is 0.462 e. The number of hydrogen-bond donors (Lipinski definition) is 3. The minimum absolute atomic E-state index is 0.124. The highest BCUT2D eigenvalue weighted by atomic mass is 35.5. The van der Waals surface area contributed by atoms with Crippen LogP contribution in [0.4, 0.5) is 10.7 Å². The van der Waals surface area contributed by atoms with Gasteiger partial charge in [0, 0.05) is 12.7 Å². The van der Waals surface area contributed by atoms with Gasteiger partial charge in [0.05, 0.1) is 34.2 Å². The van der Waals surface area contributed by atoms with E-state index in [1.54, 1.807) is 26.0 Å². The number of rotatable bonds is 7. The Labute approximate surface area is 176 Å². The maximum absolute atomic E-state index is 12.4. The molecule has 29 heavy (non-hydrogen) atoms. The van der Waals surface area contributed by atoms with Gasteiger partial charge in [-0.15, -0.1) is 11.3 Å². The molecule has 3 N–H and O–H groups in total. The Hall–Kier alpha value is -3.09. The van der Waals surface area contributed by atoms with Gasteiger partial charge in [-0.3, -0.25) is 9.59 Å². The lowest BCUT2D eigenvalue weighted by Crippen LogP contribution is -2.22. The van der Waals surface area contributed by atoms with E-state index in [2.05, 4.69) is 16.0 Å². The van der Waals surface area contributed by atoms with E-state index in [4.69, 9.17) is 21.6 Å². The first-order chi connectivity index (χ1) is 13.8. The van der Waals surface area contributed by atoms with Gasteiger partial charge in [0.15, 0.2) is 0 Å². The van der Waals surface area contributed by atoms with E-state index in [1.165, 1.54) is 13.1 Å². The summed E-state index contributed by atoms with van der Waals surface area (Å²) in [4.78, 5) is 37.1. The van der Waals surface area contributed by atoms with Crippen LogP contribution < -0.4 is 16.0 Å². The first-order valence-corrected chi connectivity index (χ1v) is 9.77. The zero-order valence-corrected chi connectivity index (χ0v) is 17.6. The maximum Gasteiger partial charge on any atom is 0.341 e. The van der Waals surface area contributed by atoms with Gasteiger partial charge in [0.2, 0.25) is 5.91 Å². The van der Waals surface area contributed by atoms with Crippen LogP contribution in [0, 0.1) is 18.3 Å². The summed E-state index contributed by atoms with van der Waals surface area (Å²) in [5, 5.41) is 17.6. The molecule has 0 saturated heterocycles. The molecule has 2 aromatic rings. The zero-order valence-electron chi connectivity index (χ0n) is 16.0. The quantitative estimate of drug-likeness (QED) is 0.575. The molecule has 10 heteroatoms. The molecule has 0 aliphatic heterocycles. The molecule has 1 aromatic heterocycles. The van der Waals surface area contributed by atoms with Crippen LogP contribution in [0.25, 0.3) is 0 Å². The molecular weight excluding hydrogens is 416 g/mol. The summed E-state index contributed by atoms with van der Waals surface area (Å²) in [6.07, 6.45) is 0.